The van der Waals surface area contributed by atoms with Gasteiger partial charge in [-0.2, -0.15) is 0 Å². The summed E-state index contributed by atoms with van der Waals surface area (Å²) in [6.45, 7) is 6.29. The maximum atomic E-state index is 12.1. The molecule has 3 heteroatoms. The zero-order chi connectivity index (χ0) is 20.5. The lowest BCUT2D eigenvalue weighted by Gasteiger charge is -2.29. The van der Waals surface area contributed by atoms with E-state index in [9.17, 15) is 9.90 Å². The number of benzene rings is 1. The van der Waals surface area contributed by atoms with Crippen molar-refractivity contribution in [2.24, 2.45) is 0 Å². The number of hydrogen-bond donors (Lipinski definition) is 1. The van der Waals surface area contributed by atoms with Crippen molar-refractivity contribution in [1.29, 1.82) is 0 Å². The second-order valence-corrected chi connectivity index (χ2v) is 8.12. The van der Waals surface area contributed by atoms with E-state index in [0.29, 0.717) is 6.42 Å². The molecule has 0 spiro atoms. The van der Waals surface area contributed by atoms with Gasteiger partial charge in [-0.3, -0.25) is 9.69 Å². The second kappa shape index (κ2) is 16.6. The standard InChI is InChI=1S/C25H43NO2/c1-3-5-7-9-11-16-20-26(21-17-12-10-8-6-4-2)24(25(27)28)22-23-18-14-13-15-19-23/h13-15,18-19,24H,3-12,16-17,20-22H2,1-2H3,(H,27,28)/t24-/m0/s1. The quantitative estimate of drug-likeness (QED) is 0.284. The minimum atomic E-state index is -0.680. The summed E-state index contributed by atoms with van der Waals surface area (Å²) < 4.78 is 0. The lowest BCUT2D eigenvalue weighted by Crippen LogP contribution is -2.43. The molecule has 160 valence electrons. The van der Waals surface area contributed by atoms with Crippen LogP contribution in [0.25, 0.3) is 0 Å². The molecule has 28 heavy (non-hydrogen) atoms. The highest BCUT2D eigenvalue weighted by Crippen LogP contribution is 2.15. The van der Waals surface area contributed by atoms with Crippen LogP contribution in [0.4, 0.5) is 0 Å². The Morgan fingerprint density at radius 3 is 1.71 bits per heavy atom. The predicted octanol–water partition coefficient (Wildman–Crippen LogP) is 6.71. The monoisotopic (exact) mass is 389 g/mol. The van der Waals surface area contributed by atoms with Crippen LogP contribution in [0.1, 0.15) is 96.5 Å². The van der Waals surface area contributed by atoms with E-state index in [1.54, 1.807) is 0 Å². The van der Waals surface area contributed by atoms with E-state index in [2.05, 4.69) is 18.7 Å². The van der Waals surface area contributed by atoms with Crippen LogP contribution < -0.4 is 0 Å². The highest BCUT2D eigenvalue weighted by Gasteiger charge is 2.25. The van der Waals surface area contributed by atoms with Gasteiger partial charge in [-0.25, -0.2) is 0 Å². The van der Waals surface area contributed by atoms with E-state index in [4.69, 9.17) is 0 Å². The number of aliphatic carboxylic acids is 1. The fraction of sp³-hybridized carbons (Fsp3) is 0.720. The normalized spacial score (nSPS) is 12.4. The summed E-state index contributed by atoms with van der Waals surface area (Å²) in [6, 6.07) is 9.67. The molecule has 0 unspecified atom stereocenters. The second-order valence-electron chi connectivity index (χ2n) is 8.12. The minimum absolute atomic E-state index is 0.409. The highest BCUT2D eigenvalue weighted by atomic mass is 16.4. The van der Waals surface area contributed by atoms with Gasteiger partial charge in [0.1, 0.15) is 6.04 Å². The molecule has 0 aliphatic rings. The summed E-state index contributed by atoms with van der Waals surface area (Å²) in [5, 5.41) is 9.91. The third-order valence-corrected chi connectivity index (χ3v) is 5.60. The first kappa shape index (κ1) is 24.7. The number of carboxylic acids is 1. The van der Waals surface area contributed by atoms with Gasteiger partial charge in [0.2, 0.25) is 0 Å². The average Bonchev–Trinajstić information content (AvgIpc) is 2.70. The molecule has 0 saturated heterocycles. The summed E-state index contributed by atoms with van der Waals surface area (Å²) in [7, 11) is 0. The maximum Gasteiger partial charge on any atom is 0.321 e. The molecule has 3 nitrogen and oxygen atoms in total. The van der Waals surface area contributed by atoms with E-state index in [0.717, 1.165) is 31.5 Å². The van der Waals surface area contributed by atoms with Crippen LogP contribution in [0, 0.1) is 0 Å². The summed E-state index contributed by atoms with van der Waals surface area (Å²) in [5.41, 5.74) is 1.12. The van der Waals surface area contributed by atoms with Crippen LogP contribution in [-0.2, 0) is 11.2 Å². The van der Waals surface area contributed by atoms with Crippen molar-refractivity contribution >= 4 is 5.97 Å². The fourth-order valence-electron chi connectivity index (χ4n) is 3.82. The molecule has 1 aromatic rings. The molecule has 0 aliphatic heterocycles. The van der Waals surface area contributed by atoms with E-state index in [-0.39, 0.29) is 0 Å². The summed E-state index contributed by atoms with van der Waals surface area (Å²) in [5.74, 6) is -0.680. The van der Waals surface area contributed by atoms with Gasteiger partial charge in [0.25, 0.3) is 0 Å². The molecule has 0 bridgehead atoms. The number of carboxylic acid groups (broad SMARTS) is 1. The molecular formula is C25H43NO2. The van der Waals surface area contributed by atoms with Crippen LogP contribution >= 0.6 is 0 Å². The number of hydrogen-bond acceptors (Lipinski definition) is 2. The highest BCUT2D eigenvalue weighted by molar-refractivity contribution is 5.74. The van der Waals surface area contributed by atoms with Gasteiger partial charge in [0.05, 0.1) is 0 Å². The van der Waals surface area contributed by atoms with Crippen LogP contribution in [0.15, 0.2) is 30.3 Å². The SMILES string of the molecule is CCCCCCCCN(CCCCCCCC)[C@@H](Cc1ccccc1)C(=O)O. The van der Waals surface area contributed by atoms with Gasteiger partial charge in [-0.05, 0) is 37.9 Å². The van der Waals surface area contributed by atoms with Gasteiger partial charge in [0.15, 0.2) is 0 Å². The predicted molar refractivity (Wildman–Crippen MR) is 120 cm³/mol. The molecule has 0 saturated carbocycles. The maximum absolute atomic E-state index is 12.1. The first-order chi connectivity index (χ1) is 13.7. The largest absolute Gasteiger partial charge is 0.480 e. The van der Waals surface area contributed by atoms with Crippen LogP contribution in [0.2, 0.25) is 0 Å². The van der Waals surface area contributed by atoms with Gasteiger partial charge < -0.3 is 5.11 Å². The third kappa shape index (κ3) is 11.5. The van der Waals surface area contributed by atoms with E-state index < -0.39 is 12.0 Å². The Bertz CT molecular complexity index is 473. The summed E-state index contributed by atoms with van der Waals surface area (Å²) in [6.07, 6.45) is 15.6. The first-order valence-electron chi connectivity index (χ1n) is 11.7. The topological polar surface area (TPSA) is 40.5 Å². The average molecular weight is 390 g/mol. The molecule has 1 N–H and O–H groups in total. The molecule has 0 radical (unpaired) electrons. The Labute approximate surface area is 173 Å². The Hall–Kier alpha value is -1.35. The Balaban J connectivity index is 2.56. The van der Waals surface area contributed by atoms with Crippen LogP contribution in [-0.4, -0.2) is 35.1 Å². The van der Waals surface area contributed by atoms with Crippen molar-refractivity contribution in [2.75, 3.05) is 13.1 Å². The Morgan fingerprint density at radius 1 is 0.786 bits per heavy atom. The number of carbonyl (C=O) groups is 1. The molecule has 0 aliphatic carbocycles. The van der Waals surface area contributed by atoms with E-state index in [1.807, 2.05) is 30.3 Å². The smallest absolute Gasteiger partial charge is 0.321 e. The third-order valence-electron chi connectivity index (χ3n) is 5.60. The fourth-order valence-corrected chi connectivity index (χ4v) is 3.82. The minimum Gasteiger partial charge on any atom is -0.480 e. The Morgan fingerprint density at radius 2 is 1.25 bits per heavy atom. The van der Waals surface area contributed by atoms with Gasteiger partial charge >= 0.3 is 5.97 Å². The zero-order valence-electron chi connectivity index (χ0n) is 18.4. The lowest BCUT2D eigenvalue weighted by atomic mass is 10.0. The van der Waals surface area contributed by atoms with Crippen LogP contribution in [0.3, 0.4) is 0 Å². The van der Waals surface area contributed by atoms with Gasteiger partial charge in [-0.1, -0.05) is 108 Å². The summed E-state index contributed by atoms with van der Waals surface area (Å²) in [4.78, 5) is 14.3. The van der Waals surface area contributed by atoms with Crippen LogP contribution in [0.5, 0.6) is 0 Å². The van der Waals surface area contributed by atoms with Gasteiger partial charge in [-0.15, -0.1) is 0 Å². The number of rotatable bonds is 18. The van der Waals surface area contributed by atoms with Crippen molar-refractivity contribution in [1.82, 2.24) is 4.90 Å². The molecule has 0 amide bonds. The van der Waals surface area contributed by atoms with Crippen molar-refractivity contribution in [3.63, 3.8) is 0 Å². The van der Waals surface area contributed by atoms with E-state index >= 15 is 0 Å². The molecule has 0 fully saturated rings. The van der Waals surface area contributed by atoms with Gasteiger partial charge in [0, 0.05) is 0 Å². The molecule has 0 heterocycles. The molecule has 1 rings (SSSR count). The van der Waals surface area contributed by atoms with Crippen molar-refractivity contribution in [2.45, 2.75) is 103 Å². The molecular weight excluding hydrogens is 346 g/mol. The number of nitrogens with zero attached hydrogens (tertiary/aromatic N) is 1. The number of unbranched alkanes of at least 4 members (excludes halogenated alkanes) is 10. The van der Waals surface area contributed by atoms with Crippen molar-refractivity contribution in [3.05, 3.63) is 35.9 Å². The lowest BCUT2D eigenvalue weighted by molar-refractivity contribution is -0.143. The van der Waals surface area contributed by atoms with E-state index in [1.165, 1.54) is 64.2 Å². The summed E-state index contributed by atoms with van der Waals surface area (Å²) >= 11 is 0. The molecule has 1 aromatic carbocycles. The first-order valence-corrected chi connectivity index (χ1v) is 11.7. The molecule has 0 aromatic heterocycles. The van der Waals surface area contributed by atoms with Crippen molar-refractivity contribution in [3.8, 4) is 0 Å². The van der Waals surface area contributed by atoms with Crippen molar-refractivity contribution < 1.29 is 9.90 Å². The Kier molecular flexibility index (Phi) is 14.6. The molecule has 1 atom stereocenters. The zero-order valence-corrected chi connectivity index (χ0v) is 18.4.